The lowest BCUT2D eigenvalue weighted by Crippen LogP contribution is -2.18. The quantitative estimate of drug-likeness (QED) is 0.399. The summed E-state index contributed by atoms with van der Waals surface area (Å²) >= 11 is 2.02. The third-order valence-corrected chi connectivity index (χ3v) is 2.57. The first-order valence-corrected chi connectivity index (χ1v) is 5.74. The van der Waals surface area contributed by atoms with E-state index < -0.39 is 12.1 Å². The van der Waals surface area contributed by atoms with Gasteiger partial charge >= 0.3 is 5.97 Å². The summed E-state index contributed by atoms with van der Waals surface area (Å²) in [6, 6.07) is 8.83. The van der Waals surface area contributed by atoms with Gasteiger partial charge in [-0.3, -0.25) is 4.79 Å². The third kappa shape index (κ3) is 4.06. The number of esters is 1. The fourth-order valence-electron chi connectivity index (χ4n) is 0.909. The molecule has 0 amide bonds. The van der Waals surface area contributed by atoms with E-state index in [2.05, 4.69) is 0 Å². The lowest BCUT2D eigenvalue weighted by atomic mass is 10.3. The summed E-state index contributed by atoms with van der Waals surface area (Å²) in [5, 5.41) is 9.20. The predicted molar refractivity (Wildman–Crippen MR) is 61.6 cm³/mol. The summed E-state index contributed by atoms with van der Waals surface area (Å²) in [6.45, 7) is 0. The van der Waals surface area contributed by atoms with E-state index in [1.165, 1.54) is 0 Å². The van der Waals surface area contributed by atoms with Crippen molar-refractivity contribution in [2.75, 3.05) is 4.43 Å². The maximum absolute atomic E-state index is 11.2. The number of para-hydroxylation sites is 1. The highest BCUT2D eigenvalue weighted by Gasteiger charge is 2.10. The summed E-state index contributed by atoms with van der Waals surface area (Å²) in [5.41, 5.74) is 0. The molecule has 0 saturated heterocycles. The zero-order chi connectivity index (χ0) is 10.4. The molecule has 1 atom stereocenters. The molecule has 0 heterocycles. The average molecular weight is 306 g/mol. The zero-order valence-electron chi connectivity index (χ0n) is 7.52. The number of hydrogen-bond donors (Lipinski definition) is 1. The van der Waals surface area contributed by atoms with Crippen LogP contribution in [-0.2, 0) is 4.79 Å². The van der Waals surface area contributed by atoms with Crippen LogP contribution in [0.15, 0.2) is 30.3 Å². The van der Waals surface area contributed by atoms with Gasteiger partial charge in [-0.05, 0) is 12.1 Å². The van der Waals surface area contributed by atoms with Crippen LogP contribution in [0.25, 0.3) is 0 Å². The topological polar surface area (TPSA) is 46.5 Å². The van der Waals surface area contributed by atoms with Gasteiger partial charge in [-0.15, -0.1) is 0 Å². The van der Waals surface area contributed by atoms with Crippen molar-refractivity contribution >= 4 is 28.6 Å². The van der Waals surface area contributed by atoms with Crippen molar-refractivity contribution in [1.29, 1.82) is 0 Å². The maximum Gasteiger partial charge on any atom is 0.313 e. The Hall–Kier alpha value is -0.620. The molecule has 4 heteroatoms. The minimum absolute atomic E-state index is 0.0395. The Morgan fingerprint density at radius 3 is 2.64 bits per heavy atom. The smallest absolute Gasteiger partial charge is 0.313 e. The van der Waals surface area contributed by atoms with Gasteiger partial charge in [-0.25, -0.2) is 0 Å². The second-order valence-corrected chi connectivity index (χ2v) is 3.68. The zero-order valence-corrected chi connectivity index (χ0v) is 9.68. The molecule has 0 aromatic heterocycles. The van der Waals surface area contributed by atoms with Crippen LogP contribution in [0.2, 0.25) is 0 Å². The van der Waals surface area contributed by atoms with Gasteiger partial charge in [0.2, 0.25) is 0 Å². The van der Waals surface area contributed by atoms with Gasteiger partial charge < -0.3 is 9.84 Å². The fraction of sp³-hybridized carbons (Fsp3) is 0.300. The van der Waals surface area contributed by atoms with Gasteiger partial charge in [0.25, 0.3) is 0 Å². The first-order chi connectivity index (χ1) is 6.72. The molecule has 0 radical (unpaired) electrons. The largest absolute Gasteiger partial charge is 0.426 e. The van der Waals surface area contributed by atoms with E-state index in [1.54, 1.807) is 24.3 Å². The maximum atomic E-state index is 11.2. The van der Waals surface area contributed by atoms with Gasteiger partial charge in [-0.2, -0.15) is 0 Å². The number of carbonyl (C=O) groups is 1. The summed E-state index contributed by atoms with van der Waals surface area (Å²) in [5.74, 6) is 0.110. The molecule has 3 nitrogen and oxygen atoms in total. The molecule has 0 saturated carbocycles. The van der Waals surface area contributed by atoms with Gasteiger partial charge in [0.05, 0.1) is 12.5 Å². The van der Waals surface area contributed by atoms with Crippen LogP contribution in [0.4, 0.5) is 0 Å². The van der Waals surface area contributed by atoms with Gasteiger partial charge in [0, 0.05) is 4.43 Å². The van der Waals surface area contributed by atoms with Gasteiger partial charge in [-0.1, -0.05) is 40.8 Å². The van der Waals surface area contributed by atoms with Gasteiger partial charge in [0.1, 0.15) is 5.75 Å². The number of hydrogen-bond acceptors (Lipinski definition) is 3. The van der Waals surface area contributed by atoms with Crippen LogP contribution < -0.4 is 4.74 Å². The lowest BCUT2D eigenvalue weighted by Gasteiger charge is -2.06. The first-order valence-electron chi connectivity index (χ1n) is 4.22. The van der Waals surface area contributed by atoms with Crippen molar-refractivity contribution < 1.29 is 14.6 Å². The number of aliphatic hydroxyl groups excluding tert-OH is 1. The number of carbonyl (C=O) groups excluding carboxylic acids is 1. The summed E-state index contributed by atoms with van der Waals surface area (Å²) < 4.78 is 5.51. The normalized spacial score (nSPS) is 12.1. The van der Waals surface area contributed by atoms with Crippen molar-refractivity contribution in [3.63, 3.8) is 0 Å². The highest BCUT2D eigenvalue weighted by Crippen LogP contribution is 2.10. The molecule has 1 N–H and O–H groups in total. The fourth-order valence-corrected chi connectivity index (χ4v) is 1.22. The Morgan fingerprint density at radius 1 is 1.43 bits per heavy atom. The highest BCUT2D eigenvalue weighted by molar-refractivity contribution is 14.1. The van der Waals surface area contributed by atoms with Crippen molar-refractivity contribution in [2.24, 2.45) is 0 Å². The lowest BCUT2D eigenvalue weighted by molar-refractivity contribution is -0.136. The SMILES string of the molecule is O=C(CC(O)CI)Oc1ccccc1. The van der Waals surface area contributed by atoms with E-state index in [-0.39, 0.29) is 6.42 Å². The molecule has 1 aromatic rings. The molecule has 0 fully saturated rings. The Labute approximate surface area is 96.2 Å². The molecule has 76 valence electrons. The van der Waals surface area contributed by atoms with Crippen LogP contribution in [0.1, 0.15) is 6.42 Å². The molecule has 0 spiro atoms. The standard InChI is InChI=1S/C10H11IO3/c11-7-8(12)6-10(13)14-9-4-2-1-3-5-9/h1-5,8,12H,6-7H2. The number of rotatable bonds is 4. The van der Waals surface area contributed by atoms with Crippen molar-refractivity contribution in [3.05, 3.63) is 30.3 Å². The summed E-state index contributed by atoms with van der Waals surface area (Å²) in [7, 11) is 0. The molecule has 0 aliphatic rings. The van der Waals surface area contributed by atoms with E-state index in [1.807, 2.05) is 28.7 Å². The van der Waals surface area contributed by atoms with E-state index in [9.17, 15) is 9.90 Å². The molecule has 1 aromatic carbocycles. The molecule has 0 aliphatic carbocycles. The third-order valence-electron chi connectivity index (χ3n) is 1.56. The van der Waals surface area contributed by atoms with Crippen molar-refractivity contribution in [2.45, 2.75) is 12.5 Å². The van der Waals surface area contributed by atoms with Crippen LogP contribution in [0.5, 0.6) is 5.75 Å². The Kier molecular flexibility index (Phi) is 4.89. The van der Waals surface area contributed by atoms with E-state index in [0.29, 0.717) is 10.2 Å². The predicted octanol–water partition coefficient (Wildman–Crippen LogP) is 1.78. The number of aliphatic hydroxyl groups is 1. The molecular weight excluding hydrogens is 295 g/mol. The summed E-state index contributed by atoms with van der Waals surface area (Å²) in [6.07, 6.45) is -0.579. The number of ether oxygens (including phenoxy) is 1. The highest BCUT2D eigenvalue weighted by atomic mass is 127. The van der Waals surface area contributed by atoms with Crippen LogP contribution in [0.3, 0.4) is 0 Å². The number of alkyl halides is 1. The monoisotopic (exact) mass is 306 g/mol. The first kappa shape index (κ1) is 11.5. The van der Waals surface area contributed by atoms with Crippen molar-refractivity contribution in [3.8, 4) is 5.75 Å². The van der Waals surface area contributed by atoms with E-state index >= 15 is 0 Å². The Balaban J connectivity index is 2.42. The van der Waals surface area contributed by atoms with Crippen LogP contribution in [0, 0.1) is 0 Å². The second kappa shape index (κ2) is 5.98. The molecule has 1 unspecified atom stereocenters. The number of halogens is 1. The second-order valence-electron chi connectivity index (χ2n) is 2.80. The Morgan fingerprint density at radius 2 is 2.07 bits per heavy atom. The molecule has 1 rings (SSSR count). The molecule has 14 heavy (non-hydrogen) atoms. The number of benzene rings is 1. The van der Waals surface area contributed by atoms with E-state index in [4.69, 9.17) is 4.74 Å². The minimum Gasteiger partial charge on any atom is -0.426 e. The summed E-state index contributed by atoms with van der Waals surface area (Å²) in [4.78, 5) is 11.2. The van der Waals surface area contributed by atoms with Crippen molar-refractivity contribution in [1.82, 2.24) is 0 Å². The molecule has 0 aliphatic heterocycles. The van der Waals surface area contributed by atoms with Crippen LogP contribution in [-0.4, -0.2) is 21.6 Å². The molecular formula is C10H11IO3. The average Bonchev–Trinajstić information content (AvgIpc) is 2.19. The van der Waals surface area contributed by atoms with E-state index in [0.717, 1.165) is 0 Å². The van der Waals surface area contributed by atoms with Gasteiger partial charge in [0.15, 0.2) is 0 Å². The Bertz CT molecular complexity index is 287. The molecule has 0 bridgehead atoms. The minimum atomic E-state index is -0.619. The van der Waals surface area contributed by atoms with Crippen LogP contribution >= 0.6 is 22.6 Å².